The summed E-state index contributed by atoms with van der Waals surface area (Å²) in [5.41, 5.74) is 4.34. The number of carbonyl (C=O) groups excluding carboxylic acids is 1. The highest BCUT2D eigenvalue weighted by molar-refractivity contribution is 5.78. The largest absolute Gasteiger partial charge is 0.396 e. The van der Waals surface area contributed by atoms with Gasteiger partial charge in [0.15, 0.2) is 0 Å². The van der Waals surface area contributed by atoms with E-state index in [0.717, 1.165) is 49.1 Å². The molecule has 0 radical (unpaired) electrons. The summed E-state index contributed by atoms with van der Waals surface area (Å²) in [6, 6.07) is 16.5. The monoisotopic (exact) mass is 419 g/mol. The molecule has 0 spiro atoms. The Balaban J connectivity index is 1.46. The van der Waals surface area contributed by atoms with Crippen LogP contribution in [0.25, 0.3) is 11.0 Å². The van der Waals surface area contributed by atoms with Gasteiger partial charge in [0.2, 0.25) is 5.91 Å². The second-order valence-electron chi connectivity index (χ2n) is 8.95. The Hall–Kier alpha value is -2.66. The fraction of sp³-hybridized carbons (Fsp3) is 0.462. The summed E-state index contributed by atoms with van der Waals surface area (Å²) in [4.78, 5) is 19.9. The van der Waals surface area contributed by atoms with Crippen molar-refractivity contribution in [2.45, 2.75) is 52.5 Å². The molecule has 31 heavy (non-hydrogen) atoms. The van der Waals surface area contributed by atoms with Crippen molar-refractivity contribution >= 4 is 16.9 Å². The van der Waals surface area contributed by atoms with Gasteiger partial charge in [-0.15, -0.1) is 0 Å². The SMILES string of the molecule is CCc1nc2ccccc2n1CCC(=O)N1CCC[C@@](CO)(Cc2ccccc2C)C1. The average molecular weight is 420 g/mol. The highest BCUT2D eigenvalue weighted by Gasteiger charge is 2.37. The Labute approximate surface area is 184 Å². The highest BCUT2D eigenvalue weighted by atomic mass is 16.3. The van der Waals surface area contributed by atoms with Gasteiger partial charge < -0.3 is 14.6 Å². The van der Waals surface area contributed by atoms with Crippen molar-refractivity contribution < 1.29 is 9.90 Å². The first-order chi connectivity index (χ1) is 15.0. The van der Waals surface area contributed by atoms with Crippen LogP contribution in [0.2, 0.25) is 0 Å². The molecule has 5 heteroatoms. The van der Waals surface area contributed by atoms with E-state index in [9.17, 15) is 9.90 Å². The quantitative estimate of drug-likeness (QED) is 0.626. The summed E-state index contributed by atoms with van der Waals surface area (Å²) in [6.07, 6.45) is 4.00. The molecule has 1 amide bonds. The van der Waals surface area contributed by atoms with Crippen molar-refractivity contribution in [1.29, 1.82) is 0 Å². The minimum atomic E-state index is -0.254. The number of aliphatic hydroxyl groups is 1. The van der Waals surface area contributed by atoms with Crippen LogP contribution in [0, 0.1) is 12.3 Å². The first-order valence-electron chi connectivity index (χ1n) is 11.4. The van der Waals surface area contributed by atoms with E-state index in [4.69, 9.17) is 4.98 Å². The molecule has 1 atom stereocenters. The number of imidazole rings is 1. The molecule has 0 bridgehead atoms. The maximum absolute atomic E-state index is 13.2. The van der Waals surface area contributed by atoms with Crippen LogP contribution in [-0.4, -0.2) is 45.2 Å². The molecule has 2 heterocycles. The normalized spacial score (nSPS) is 19.1. The van der Waals surface area contributed by atoms with Gasteiger partial charge in [-0.3, -0.25) is 4.79 Å². The number of aryl methyl sites for hydroxylation is 3. The molecular weight excluding hydrogens is 386 g/mol. The zero-order chi connectivity index (χ0) is 21.8. The number of para-hydroxylation sites is 2. The van der Waals surface area contributed by atoms with E-state index in [2.05, 4.69) is 42.7 Å². The molecular formula is C26H33N3O2. The van der Waals surface area contributed by atoms with Gasteiger partial charge in [-0.1, -0.05) is 43.3 Å². The van der Waals surface area contributed by atoms with E-state index in [1.165, 1.54) is 11.1 Å². The summed E-state index contributed by atoms with van der Waals surface area (Å²) in [5, 5.41) is 10.3. The fourth-order valence-corrected chi connectivity index (χ4v) is 4.97. The van der Waals surface area contributed by atoms with Gasteiger partial charge in [-0.05, 0) is 49.4 Å². The number of hydrogen-bond acceptors (Lipinski definition) is 3. The third-order valence-corrected chi connectivity index (χ3v) is 6.78. The van der Waals surface area contributed by atoms with Crippen molar-refractivity contribution in [2.24, 2.45) is 5.41 Å². The van der Waals surface area contributed by atoms with Crippen molar-refractivity contribution in [3.63, 3.8) is 0 Å². The first-order valence-corrected chi connectivity index (χ1v) is 11.4. The molecule has 3 aromatic rings. The van der Waals surface area contributed by atoms with Crippen LogP contribution < -0.4 is 0 Å². The van der Waals surface area contributed by atoms with Gasteiger partial charge in [-0.25, -0.2) is 4.98 Å². The number of fused-ring (bicyclic) bond motifs is 1. The summed E-state index contributed by atoms with van der Waals surface area (Å²) >= 11 is 0. The predicted octanol–water partition coefficient (Wildman–Crippen LogP) is 4.14. The lowest BCUT2D eigenvalue weighted by Crippen LogP contribution is -2.49. The van der Waals surface area contributed by atoms with Crippen LogP contribution in [0.5, 0.6) is 0 Å². The number of aliphatic hydroxyl groups excluding tert-OH is 1. The lowest BCUT2D eigenvalue weighted by atomic mass is 9.75. The van der Waals surface area contributed by atoms with E-state index < -0.39 is 0 Å². The van der Waals surface area contributed by atoms with Gasteiger partial charge >= 0.3 is 0 Å². The number of carbonyl (C=O) groups is 1. The number of amides is 1. The summed E-state index contributed by atoms with van der Waals surface area (Å²) in [7, 11) is 0. The maximum Gasteiger partial charge on any atom is 0.224 e. The third kappa shape index (κ3) is 4.52. The number of aromatic nitrogens is 2. The Morgan fingerprint density at radius 1 is 1.16 bits per heavy atom. The topological polar surface area (TPSA) is 58.4 Å². The second kappa shape index (κ2) is 9.23. The first kappa shape index (κ1) is 21.6. The Bertz CT molecular complexity index is 1060. The minimum absolute atomic E-state index is 0.108. The van der Waals surface area contributed by atoms with Crippen molar-refractivity contribution in [3.05, 3.63) is 65.5 Å². The lowest BCUT2D eigenvalue weighted by Gasteiger charge is -2.42. The number of piperidine rings is 1. The van der Waals surface area contributed by atoms with Crippen LogP contribution in [0.15, 0.2) is 48.5 Å². The van der Waals surface area contributed by atoms with Crippen molar-refractivity contribution in [2.75, 3.05) is 19.7 Å². The molecule has 5 nitrogen and oxygen atoms in total. The number of benzene rings is 2. The molecule has 1 aromatic heterocycles. The van der Waals surface area contributed by atoms with E-state index >= 15 is 0 Å². The molecule has 0 saturated carbocycles. The standard InChI is InChI=1S/C26H33N3O2/c1-3-24-27-22-11-6-7-12-23(22)29(24)16-13-25(31)28-15-8-14-26(18-28,19-30)17-21-10-5-4-9-20(21)2/h4-7,9-12,30H,3,8,13-19H2,1-2H3/t26-/m1/s1. The smallest absolute Gasteiger partial charge is 0.224 e. The maximum atomic E-state index is 13.2. The molecule has 1 fully saturated rings. The Kier molecular flexibility index (Phi) is 6.42. The number of rotatable bonds is 7. The molecule has 2 aromatic carbocycles. The summed E-state index contributed by atoms with van der Waals surface area (Å²) in [5.74, 6) is 1.19. The zero-order valence-electron chi connectivity index (χ0n) is 18.7. The van der Waals surface area contributed by atoms with Crippen molar-refractivity contribution in [3.8, 4) is 0 Å². The lowest BCUT2D eigenvalue weighted by molar-refractivity contribution is -0.135. The summed E-state index contributed by atoms with van der Waals surface area (Å²) in [6.45, 7) is 6.38. The van der Waals surface area contributed by atoms with Gasteiger partial charge in [0.1, 0.15) is 5.82 Å². The Morgan fingerprint density at radius 2 is 1.94 bits per heavy atom. The third-order valence-electron chi connectivity index (χ3n) is 6.78. The minimum Gasteiger partial charge on any atom is -0.396 e. The molecule has 0 unspecified atom stereocenters. The van der Waals surface area contributed by atoms with Crippen LogP contribution >= 0.6 is 0 Å². The number of nitrogens with zero attached hydrogens (tertiary/aromatic N) is 3. The average Bonchev–Trinajstić information content (AvgIpc) is 3.17. The highest BCUT2D eigenvalue weighted by Crippen LogP contribution is 2.34. The van der Waals surface area contributed by atoms with Gasteiger partial charge in [-0.2, -0.15) is 0 Å². The molecule has 1 aliphatic rings. The van der Waals surface area contributed by atoms with E-state index in [-0.39, 0.29) is 17.9 Å². The molecule has 1 N–H and O–H groups in total. The zero-order valence-corrected chi connectivity index (χ0v) is 18.7. The predicted molar refractivity (Wildman–Crippen MR) is 124 cm³/mol. The van der Waals surface area contributed by atoms with Gasteiger partial charge in [0.05, 0.1) is 17.6 Å². The van der Waals surface area contributed by atoms with E-state index in [1.807, 2.05) is 29.2 Å². The van der Waals surface area contributed by atoms with Crippen LogP contribution in [0.1, 0.15) is 43.1 Å². The molecule has 1 saturated heterocycles. The van der Waals surface area contributed by atoms with Crippen LogP contribution in [0.3, 0.4) is 0 Å². The molecule has 164 valence electrons. The van der Waals surface area contributed by atoms with Crippen LogP contribution in [-0.2, 0) is 24.2 Å². The summed E-state index contributed by atoms with van der Waals surface area (Å²) < 4.78 is 2.18. The molecule has 1 aliphatic heterocycles. The van der Waals surface area contributed by atoms with Gasteiger partial charge in [0, 0.05) is 37.9 Å². The number of hydrogen-bond donors (Lipinski definition) is 1. The number of likely N-dealkylation sites (tertiary alicyclic amines) is 1. The second-order valence-corrected chi connectivity index (χ2v) is 8.95. The van der Waals surface area contributed by atoms with E-state index in [0.29, 0.717) is 19.5 Å². The fourth-order valence-electron chi connectivity index (χ4n) is 4.97. The molecule has 4 rings (SSSR count). The van der Waals surface area contributed by atoms with E-state index in [1.54, 1.807) is 0 Å². The molecule has 0 aliphatic carbocycles. The Morgan fingerprint density at radius 3 is 2.71 bits per heavy atom. The van der Waals surface area contributed by atoms with Crippen LogP contribution in [0.4, 0.5) is 0 Å². The van der Waals surface area contributed by atoms with Gasteiger partial charge in [0.25, 0.3) is 0 Å². The van der Waals surface area contributed by atoms with Crippen molar-refractivity contribution in [1.82, 2.24) is 14.5 Å².